The smallest absolute Gasteiger partial charge is 0.335 e. The van der Waals surface area contributed by atoms with E-state index in [9.17, 15) is 9.90 Å². The van der Waals surface area contributed by atoms with Crippen LogP contribution in [0.2, 0.25) is 0 Å². The van der Waals surface area contributed by atoms with Crippen molar-refractivity contribution in [1.29, 1.82) is 0 Å². The number of aromatic nitrogens is 2. The molecule has 5 rings (SSSR count). The van der Waals surface area contributed by atoms with Gasteiger partial charge in [0.1, 0.15) is 12.4 Å². The summed E-state index contributed by atoms with van der Waals surface area (Å²) in [5.41, 5.74) is 8.64. The molecule has 0 saturated carbocycles. The van der Waals surface area contributed by atoms with Gasteiger partial charge in [0.25, 0.3) is 0 Å². The van der Waals surface area contributed by atoms with Crippen molar-refractivity contribution in [1.82, 2.24) is 9.55 Å². The van der Waals surface area contributed by atoms with Gasteiger partial charge in [0.05, 0.1) is 22.9 Å². The number of halogens is 1. The summed E-state index contributed by atoms with van der Waals surface area (Å²) in [6.45, 7) is 5.25. The molecule has 0 unspecified atom stereocenters. The molecule has 2 heterocycles. The van der Waals surface area contributed by atoms with Crippen molar-refractivity contribution in [2.75, 3.05) is 0 Å². The minimum absolute atomic E-state index is 0. The Kier molecular flexibility index (Phi) is 5.76. The molecule has 3 aromatic carbocycles. The number of nitrogens with zero attached hydrogens (tertiary/aromatic N) is 2. The van der Waals surface area contributed by atoms with Crippen molar-refractivity contribution >= 4 is 35.0 Å². The quantitative estimate of drug-likeness (QED) is 0.432. The first-order valence-electron chi connectivity index (χ1n) is 10.2. The summed E-state index contributed by atoms with van der Waals surface area (Å²) in [5.74, 6) is -0.263. The molecule has 0 atom stereocenters. The van der Waals surface area contributed by atoms with Gasteiger partial charge in [-0.1, -0.05) is 30.3 Å². The number of aryl methyl sites for hydroxylation is 2. The molecule has 1 N–H and O–H groups in total. The van der Waals surface area contributed by atoms with Crippen molar-refractivity contribution in [2.24, 2.45) is 0 Å². The monoisotopic (exact) mass is 446 g/mol. The van der Waals surface area contributed by atoms with Crippen molar-refractivity contribution in [3.8, 4) is 5.75 Å². The van der Waals surface area contributed by atoms with E-state index in [0.717, 1.165) is 33.3 Å². The maximum Gasteiger partial charge on any atom is 0.335 e. The second-order valence-electron chi connectivity index (χ2n) is 7.90. The van der Waals surface area contributed by atoms with Crippen molar-refractivity contribution in [2.45, 2.75) is 27.0 Å². The summed E-state index contributed by atoms with van der Waals surface area (Å²) in [5, 5.41) is 9.51. The van der Waals surface area contributed by atoms with E-state index in [4.69, 9.17) is 4.74 Å². The van der Waals surface area contributed by atoms with E-state index < -0.39 is 5.97 Å². The molecule has 5 nitrogen and oxygen atoms in total. The number of allylic oxidation sites excluding steroid dienone is 1. The van der Waals surface area contributed by atoms with Gasteiger partial charge in [0.2, 0.25) is 0 Å². The van der Waals surface area contributed by atoms with E-state index in [1.165, 1.54) is 11.1 Å². The third kappa shape index (κ3) is 3.76. The number of benzene rings is 3. The summed E-state index contributed by atoms with van der Waals surface area (Å²) in [7, 11) is 0. The molecule has 1 aromatic heterocycles. The molecule has 162 valence electrons. The Labute approximate surface area is 192 Å². The zero-order valence-corrected chi connectivity index (χ0v) is 18.6. The number of carbonyl (C=O) groups is 1. The second kappa shape index (κ2) is 8.52. The van der Waals surface area contributed by atoms with Crippen LogP contribution in [0.15, 0.2) is 67.0 Å². The van der Waals surface area contributed by atoms with Crippen LogP contribution >= 0.6 is 12.4 Å². The lowest BCUT2D eigenvalue weighted by atomic mass is 9.93. The molecule has 1 aliphatic rings. The molecular weight excluding hydrogens is 424 g/mol. The average Bonchev–Trinajstić information content (AvgIpc) is 3.07. The Hall–Kier alpha value is -3.57. The number of hydrogen-bond donors (Lipinski definition) is 1. The predicted octanol–water partition coefficient (Wildman–Crippen LogP) is 5.80. The Balaban J connectivity index is 0.00000245. The minimum Gasteiger partial charge on any atom is -0.488 e. The lowest BCUT2D eigenvalue weighted by molar-refractivity contribution is 0.0697. The molecule has 0 spiro atoms. The summed E-state index contributed by atoms with van der Waals surface area (Å²) in [6, 6.07) is 17.4. The van der Waals surface area contributed by atoms with Crippen molar-refractivity contribution < 1.29 is 14.6 Å². The molecule has 4 aromatic rings. The van der Waals surface area contributed by atoms with E-state index in [-0.39, 0.29) is 18.0 Å². The van der Waals surface area contributed by atoms with Gasteiger partial charge in [-0.2, -0.15) is 0 Å². The third-order valence-electron chi connectivity index (χ3n) is 5.94. The first kappa shape index (κ1) is 21.7. The van der Waals surface area contributed by atoms with E-state index >= 15 is 0 Å². The van der Waals surface area contributed by atoms with Crippen LogP contribution < -0.4 is 4.74 Å². The molecule has 0 bridgehead atoms. The van der Waals surface area contributed by atoms with Crippen LogP contribution in [-0.4, -0.2) is 20.6 Å². The molecule has 0 saturated heterocycles. The van der Waals surface area contributed by atoms with E-state index in [1.807, 2.05) is 24.5 Å². The molecule has 0 radical (unpaired) electrons. The van der Waals surface area contributed by atoms with E-state index in [2.05, 4.69) is 47.7 Å². The molecule has 0 aliphatic carbocycles. The zero-order valence-electron chi connectivity index (χ0n) is 17.8. The Morgan fingerprint density at radius 3 is 2.69 bits per heavy atom. The number of aromatic carboxylic acids is 1. The lowest BCUT2D eigenvalue weighted by Crippen LogP contribution is -2.00. The largest absolute Gasteiger partial charge is 0.488 e. The first-order chi connectivity index (χ1) is 15.0. The van der Waals surface area contributed by atoms with Gasteiger partial charge in [-0.25, -0.2) is 9.78 Å². The number of carboxylic acid groups (broad SMARTS) is 1. The molecule has 0 fully saturated rings. The SMILES string of the molecule is Cc1cc2ncn(C/C=C3\c4ccccc4COc4ccc(C(=O)O)cc43)c2cc1C.Cl. The van der Waals surface area contributed by atoms with Gasteiger partial charge in [-0.05, 0) is 72.0 Å². The standard InChI is InChI=1S/C26H22N2O3.ClH/c1-16-11-23-24(12-17(16)2)28(15-27-23)10-9-21-20-6-4-3-5-19(20)14-31-25-8-7-18(26(29)30)13-22(21)25;/h3-9,11-13,15H,10,14H2,1-2H3,(H,29,30);1H/b21-9+;. The van der Waals surface area contributed by atoms with Gasteiger partial charge in [-0.15, -0.1) is 12.4 Å². The van der Waals surface area contributed by atoms with Gasteiger partial charge in [0, 0.05) is 12.1 Å². The Morgan fingerprint density at radius 1 is 1.09 bits per heavy atom. The van der Waals surface area contributed by atoms with Gasteiger partial charge < -0.3 is 14.4 Å². The van der Waals surface area contributed by atoms with Crippen LogP contribution in [0.5, 0.6) is 5.75 Å². The van der Waals surface area contributed by atoms with Gasteiger partial charge >= 0.3 is 5.97 Å². The number of fused-ring (bicyclic) bond motifs is 3. The number of rotatable bonds is 3. The van der Waals surface area contributed by atoms with Gasteiger partial charge in [0.15, 0.2) is 0 Å². The highest BCUT2D eigenvalue weighted by Crippen LogP contribution is 2.37. The maximum atomic E-state index is 11.6. The molecule has 1 aliphatic heterocycles. The van der Waals surface area contributed by atoms with Crippen LogP contribution in [-0.2, 0) is 13.2 Å². The summed E-state index contributed by atoms with van der Waals surface area (Å²) in [4.78, 5) is 16.2. The summed E-state index contributed by atoms with van der Waals surface area (Å²) in [6.07, 6.45) is 3.99. The lowest BCUT2D eigenvalue weighted by Gasteiger charge is -2.12. The Bertz CT molecular complexity index is 1370. The third-order valence-corrected chi connectivity index (χ3v) is 5.94. The average molecular weight is 447 g/mol. The summed E-state index contributed by atoms with van der Waals surface area (Å²) >= 11 is 0. The second-order valence-corrected chi connectivity index (χ2v) is 7.90. The highest BCUT2D eigenvalue weighted by molar-refractivity contribution is 5.92. The maximum absolute atomic E-state index is 11.6. The topological polar surface area (TPSA) is 64.4 Å². The van der Waals surface area contributed by atoms with E-state index in [0.29, 0.717) is 18.9 Å². The number of imidazole rings is 1. The Morgan fingerprint density at radius 2 is 1.88 bits per heavy atom. The number of carboxylic acids is 1. The highest BCUT2D eigenvalue weighted by atomic mass is 35.5. The fourth-order valence-corrected chi connectivity index (χ4v) is 4.08. The van der Waals surface area contributed by atoms with Crippen molar-refractivity contribution in [3.63, 3.8) is 0 Å². The fourth-order valence-electron chi connectivity index (χ4n) is 4.08. The molecule has 0 amide bonds. The minimum atomic E-state index is -0.953. The summed E-state index contributed by atoms with van der Waals surface area (Å²) < 4.78 is 8.14. The van der Waals surface area contributed by atoms with E-state index in [1.54, 1.807) is 18.2 Å². The fraction of sp³-hybridized carbons (Fsp3) is 0.154. The van der Waals surface area contributed by atoms with Crippen LogP contribution in [0.1, 0.15) is 38.2 Å². The molecule has 6 heteroatoms. The van der Waals surface area contributed by atoms with Crippen LogP contribution in [0.4, 0.5) is 0 Å². The highest BCUT2D eigenvalue weighted by Gasteiger charge is 2.20. The predicted molar refractivity (Wildman–Crippen MR) is 128 cm³/mol. The number of hydrogen-bond acceptors (Lipinski definition) is 3. The van der Waals surface area contributed by atoms with Crippen LogP contribution in [0.3, 0.4) is 0 Å². The molecular formula is C26H23ClN2O3. The molecule has 32 heavy (non-hydrogen) atoms. The zero-order chi connectivity index (χ0) is 21.5. The van der Waals surface area contributed by atoms with Gasteiger partial charge in [-0.3, -0.25) is 0 Å². The van der Waals surface area contributed by atoms with Crippen LogP contribution in [0, 0.1) is 13.8 Å². The first-order valence-corrected chi connectivity index (χ1v) is 10.2. The normalized spacial score (nSPS) is 13.6. The van der Waals surface area contributed by atoms with Crippen LogP contribution in [0.25, 0.3) is 16.6 Å². The van der Waals surface area contributed by atoms with Crippen molar-refractivity contribution in [3.05, 3.63) is 100 Å². The number of ether oxygens (including phenoxy) is 1.